The molecule has 0 aliphatic heterocycles. The van der Waals surface area contributed by atoms with E-state index in [9.17, 15) is 4.79 Å². The third-order valence-electron chi connectivity index (χ3n) is 5.64. The fourth-order valence-corrected chi connectivity index (χ4v) is 5.24. The van der Waals surface area contributed by atoms with Gasteiger partial charge in [0.05, 0.1) is 12.4 Å². The van der Waals surface area contributed by atoms with Crippen LogP contribution in [-0.4, -0.2) is 10.8 Å². The summed E-state index contributed by atoms with van der Waals surface area (Å²) in [7, 11) is 0. The number of rotatable bonds is 3. The van der Waals surface area contributed by atoms with Gasteiger partial charge >= 0.3 is 0 Å². The smallest absolute Gasteiger partial charge is 0.207 e. The van der Waals surface area contributed by atoms with Gasteiger partial charge in [0.2, 0.25) is 12.3 Å². The van der Waals surface area contributed by atoms with Crippen molar-refractivity contribution in [3.63, 3.8) is 0 Å². The fourth-order valence-electron chi connectivity index (χ4n) is 5.24. The first-order valence-corrected chi connectivity index (χ1v) is 7.56. The molecule has 5 rings (SSSR count). The van der Waals surface area contributed by atoms with Gasteiger partial charge in [-0.3, -0.25) is 9.78 Å². The van der Waals surface area contributed by atoms with E-state index >= 15 is 0 Å². The van der Waals surface area contributed by atoms with E-state index in [-0.39, 0.29) is 22.4 Å². The molecule has 1 aromatic rings. The van der Waals surface area contributed by atoms with Crippen LogP contribution in [0.4, 0.5) is 0 Å². The van der Waals surface area contributed by atoms with Crippen LogP contribution in [0.15, 0.2) is 24.8 Å². The number of Topliss-reactive ketones (excluding diaryl/α,β-unsaturated/α-hetero) is 1. The molecule has 0 amide bonds. The van der Waals surface area contributed by atoms with Gasteiger partial charge in [-0.1, -0.05) is 0 Å². The molecule has 3 nitrogen and oxygen atoms in total. The Hall–Kier alpha value is -0.770. The zero-order valence-corrected chi connectivity index (χ0v) is 13.3. The van der Waals surface area contributed by atoms with Gasteiger partial charge in [0.25, 0.3) is 0 Å². The number of aromatic nitrogens is 2. The molecule has 4 heteroatoms. The SMILES string of the molecule is O=C(C[n+]1ccncc1)C12CC3CC(CC(C3)C1)C2.[Br-]. The van der Waals surface area contributed by atoms with Crippen LogP contribution in [0, 0.1) is 23.2 Å². The summed E-state index contributed by atoms with van der Waals surface area (Å²) in [5.74, 6) is 3.01. The van der Waals surface area contributed by atoms with Gasteiger partial charge in [-0.05, 0) is 56.3 Å². The molecule has 0 saturated heterocycles. The summed E-state index contributed by atoms with van der Waals surface area (Å²) in [6.45, 7) is 0.536. The third-order valence-corrected chi connectivity index (χ3v) is 5.64. The molecular weight excluding hydrogens is 316 g/mol. The summed E-state index contributed by atoms with van der Waals surface area (Å²) in [4.78, 5) is 16.8. The number of halogens is 1. The number of nitrogens with zero attached hydrogens (tertiary/aromatic N) is 2. The summed E-state index contributed by atoms with van der Waals surface area (Å²) >= 11 is 0. The van der Waals surface area contributed by atoms with E-state index in [0.29, 0.717) is 12.3 Å². The Kier molecular flexibility index (Phi) is 3.69. The van der Waals surface area contributed by atoms with Gasteiger partial charge in [0, 0.05) is 5.41 Å². The van der Waals surface area contributed by atoms with Crippen molar-refractivity contribution >= 4 is 5.78 Å². The Morgan fingerprint density at radius 3 is 2.05 bits per heavy atom. The number of hydrogen-bond donors (Lipinski definition) is 0. The number of carbonyl (C=O) groups excluding carboxylic acids is 1. The molecular formula is C16H21BrN2O. The Labute approximate surface area is 130 Å². The summed E-state index contributed by atoms with van der Waals surface area (Å²) in [6.07, 6.45) is 15.0. The molecule has 0 spiro atoms. The number of carbonyl (C=O) groups is 1. The molecule has 0 aromatic carbocycles. The van der Waals surface area contributed by atoms with Crippen LogP contribution in [0.3, 0.4) is 0 Å². The van der Waals surface area contributed by atoms with Crippen molar-refractivity contribution in [3.8, 4) is 0 Å². The highest BCUT2D eigenvalue weighted by Crippen LogP contribution is 2.60. The average molecular weight is 337 g/mol. The van der Waals surface area contributed by atoms with E-state index in [2.05, 4.69) is 4.98 Å². The summed E-state index contributed by atoms with van der Waals surface area (Å²) in [5.41, 5.74) is 0.0328. The molecule has 4 bridgehead atoms. The van der Waals surface area contributed by atoms with Crippen LogP contribution in [0.2, 0.25) is 0 Å². The topological polar surface area (TPSA) is 33.8 Å². The van der Waals surface area contributed by atoms with Crippen LogP contribution in [0.1, 0.15) is 38.5 Å². The van der Waals surface area contributed by atoms with E-state index in [1.165, 1.54) is 38.5 Å². The maximum Gasteiger partial charge on any atom is 0.207 e. The highest BCUT2D eigenvalue weighted by molar-refractivity contribution is 5.84. The minimum Gasteiger partial charge on any atom is -1.00 e. The first-order chi connectivity index (χ1) is 9.23. The monoisotopic (exact) mass is 336 g/mol. The minimum atomic E-state index is 0. The van der Waals surface area contributed by atoms with Crippen molar-refractivity contribution in [1.82, 2.24) is 4.98 Å². The maximum atomic E-state index is 12.8. The van der Waals surface area contributed by atoms with Crippen molar-refractivity contribution in [2.75, 3.05) is 0 Å². The fraction of sp³-hybridized carbons (Fsp3) is 0.688. The molecule has 0 N–H and O–H groups in total. The maximum absolute atomic E-state index is 12.8. The Morgan fingerprint density at radius 2 is 1.55 bits per heavy atom. The van der Waals surface area contributed by atoms with Crippen LogP contribution in [0.5, 0.6) is 0 Å². The zero-order valence-electron chi connectivity index (χ0n) is 11.7. The molecule has 4 aliphatic carbocycles. The quantitative estimate of drug-likeness (QED) is 0.674. The third kappa shape index (κ3) is 2.32. The molecule has 4 saturated carbocycles. The molecule has 4 fully saturated rings. The standard InChI is InChI=1S/C16H21N2O.BrH/c19-15(11-18-3-1-17-2-4-18)16-8-12-5-13(9-16)7-14(6-12)10-16;/h1-4,12-14H,5-11H2;1H/q+1;/p-1. The number of hydrogen-bond acceptors (Lipinski definition) is 2. The van der Waals surface area contributed by atoms with Crippen molar-refractivity contribution in [2.24, 2.45) is 23.2 Å². The zero-order chi connectivity index (χ0) is 12.9. The molecule has 108 valence electrons. The number of ketones is 1. The summed E-state index contributed by atoms with van der Waals surface area (Å²) in [6, 6.07) is 0. The second kappa shape index (κ2) is 5.21. The van der Waals surface area contributed by atoms with E-state index < -0.39 is 0 Å². The van der Waals surface area contributed by atoms with Gasteiger partial charge in [-0.15, -0.1) is 0 Å². The summed E-state index contributed by atoms with van der Waals surface area (Å²) < 4.78 is 1.98. The van der Waals surface area contributed by atoms with E-state index in [4.69, 9.17) is 0 Å². The van der Waals surface area contributed by atoms with Crippen LogP contribution >= 0.6 is 0 Å². The lowest BCUT2D eigenvalue weighted by Crippen LogP contribution is -3.00. The molecule has 20 heavy (non-hydrogen) atoms. The Morgan fingerprint density at radius 1 is 1.05 bits per heavy atom. The predicted octanol–water partition coefficient (Wildman–Crippen LogP) is -0.841. The molecule has 0 unspecified atom stereocenters. The van der Waals surface area contributed by atoms with E-state index in [1.54, 1.807) is 12.4 Å². The lowest BCUT2D eigenvalue weighted by Gasteiger charge is -2.55. The van der Waals surface area contributed by atoms with Crippen LogP contribution in [-0.2, 0) is 11.3 Å². The molecule has 1 aromatic heterocycles. The largest absolute Gasteiger partial charge is 1.00 e. The first-order valence-electron chi connectivity index (χ1n) is 7.56. The molecule has 0 radical (unpaired) electrons. The highest BCUT2D eigenvalue weighted by atomic mass is 79.9. The van der Waals surface area contributed by atoms with E-state index in [1.807, 2.05) is 17.0 Å². The van der Waals surface area contributed by atoms with Crippen molar-refractivity contribution in [1.29, 1.82) is 0 Å². The van der Waals surface area contributed by atoms with Gasteiger partial charge in [0.1, 0.15) is 0 Å². The Bertz CT molecular complexity index is 467. The minimum absolute atomic E-state index is 0. The van der Waals surface area contributed by atoms with Gasteiger partial charge in [-0.2, -0.15) is 4.57 Å². The van der Waals surface area contributed by atoms with Crippen molar-refractivity contribution in [3.05, 3.63) is 24.8 Å². The average Bonchev–Trinajstić information content (AvgIpc) is 2.38. The predicted molar refractivity (Wildman–Crippen MR) is 70.0 cm³/mol. The van der Waals surface area contributed by atoms with Gasteiger partial charge in [0.15, 0.2) is 12.4 Å². The first kappa shape index (κ1) is 14.2. The van der Waals surface area contributed by atoms with Crippen LogP contribution in [0.25, 0.3) is 0 Å². The van der Waals surface area contributed by atoms with Crippen molar-refractivity contribution < 1.29 is 26.3 Å². The molecule has 1 heterocycles. The second-order valence-electron chi connectivity index (χ2n) is 7.04. The second-order valence-corrected chi connectivity index (χ2v) is 7.04. The van der Waals surface area contributed by atoms with Crippen molar-refractivity contribution in [2.45, 2.75) is 45.1 Å². The lowest BCUT2D eigenvalue weighted by molar-refractivity contribution is -0.685. The summed E-state index contributed by atoms with van der Waals surface area (Å²) in [5, 5.41) is 0. The van der Waals surface area contributed by atoms with Gasteiger partial charge < -0.3 is 17.0 Å². The normalized spacial score (nSPS) is 37.5. The molecule has 4 aliphatic rings. The van der Waals surface area contributed by atoms with E-state index in [0.717, 1.165) is 17.8 Å². The van der Waals surface area contributed by atoms with Gasteiger partial charge in [-0.25, -0.2) is 0 Å². The van der Waals surface area contributed by atoms with Crippen LogP contribution < -0.4 is 21.5 Å². The lowest BCUT2D eigenvalue weighted by atomic mass is 9.48. The molecule has 0 atom stereocenters. The Balaban J connectivity index is 0.00000121. The highest BCUT2D eigenvalue weighted by Gasteiger charge is 2.54.